The molecule has 0 unspecified atom stereocenters. The first-order valence-corrected chi connectivity index (χ1v) is 5.54. The van der Waals surface area contributed by atoms with Crippen LogP contribution in [0.25, 0.3) is 6.08 Å². The lowest BCUT2D eigenvalue weighted by atomic mass is 10.1. The third kappa shape index (κ3) is 2.47. The third-order valence-corrected chi connectivity index (χ3v) is 2.63. The van der Waals surface area contributed by atoms with Crippen molar-refractivity contribution < 1.29 is 19.1 Å². The molecule has 2 rings (SSSR count). The molecular formula is C13H12N2O4. The monoisotopic (exact) mass is 260 g/mol. The molecule has 6 nitrogen and oxygen atoms in total. The van der Waals surface area contributed by atoms with Crippen LogP contribution in [0.1, 0.15) is 12.5 Å². The largest absolute Gasteiger partial charge is 0.497 e. The minimum atomic E-state index is -0.645. The van der Waals surface area contributed by atoms with Gasteiger partial charge in [0.2, 0.25) is 5.91 Å². The Hall–Kier alpha value is -2.63. The van der Waals surface area contributed by atoms with Crippen LogP contribution >= 0.6 is 0 Å². The molecule has 1 N–H and O–H groups in total. The van der Waals surface area contributed by atoms with Crippen molar-refractivity contribution in [1.29, 1.82) is 0 Å². The van der Waals surface area contributed by atoms with Gasteiger partial charge in [0.1, 0.15) is 11.3 Å². The summed E-state index contributed by atoms with van der Waals surface area (Å²) in [6.45, 7) is 1.20. The Bertz CT molecular complexity index is 575. The molecule has 1 aliphatic rings. The molecule has 1 fully saturated rings. The third-order valence-electron chi connectivity index (χ3n) is 2.63. The maximum Gasteiger partial charge on any atom is 0.285 e. The van der Waals surface area contributed by atoms with Crippen molar-refractivity contribution in [1.82, 2.24) is 10.4 Å². The molecule has 19 heavy (non-hydrogen) atoms. The molecule has 0 saturated carbocycles. The first-order valence-electron chi connectivity index (χ1n) is 5.54. The summed E-state index contributed by atoms with van der Waals surface area (Å²) >= 11 is 0. The zero-order chi connectivity index (χ0) is 14.0. The molecule has 1 saturated heterocycles. The standard InChI is InChI=1S/C13H12N2O4/c1-8(16)15-13(18)11(12(17)14-15)7-9-3-5-10(19-2)6-4-9/h3-7H,1-2H3,(H,14,17). The van der Waals surface area contributed by atoms with Gasteiger partial charge in [-0.2, -0.15) is 5.01 Å². The zero-order valence-electron chi connectivity index (χ0n) is 10.5. The van der Waals surface area contributed by atoms with Crippen molar-refractivity contribution in [3.63, 3.8) is 0 Å². The van der Waals surface area contributed by atoms with Gasteiger partial charge in [-0.1, -0.05) is 12.1 Å². The molecule has 6 heteroatoms. The fourth-order valence-corrected chi connectivity index (χ4v) is 1.65. The number of imide groups is 1. The van der Waals surface area contributed by atoms with Gasteiger partial charge >= 0.3 is 0 Å². The summed E-state index contributed by atoms with van der Waals surface area (Å²) < 4.78 is 5.01. The van der Waals surface area contributed by atoms with Crippen LogP contribution in [0, 0.1) is 0 Å². The summed E-state index contributed by atoms with van der Waals surface area (Å²) in [5, 5.41) is 0.692. The van der Waals surface area contributed by atoms with E-state index in [0.29, 0.717) is 16.3 Å². The highest BCUT2D eigenvalue weighted by Gasteiger charge is 2.35. The highest BCUT2D eigenvalue weighted by atomic mass is 16.5. The number of hydrogen-bond acceptors (Lipinski definition) is 4. The Kier molecular flexibility index (Phi) is 3.33. The van der Waals surface area contributed by atoms with Crippen LogP contribution in [0.15, 0.2) is 29.8 Å². The molecular weight excluding hydrogens is 248 g/mol. The van der Waals surface area contributed by atoms with E-state index in [9.17, 15) is 14.4 Å². The summed E-state index contributed by atoms with van der Waals surface area (Å²) in [4.78, 5) is 34.6. The smallest absolute Gasteiger partial charge is 0.285 e. The van der Waals surface area contributed by atoms with Crippen LogP contribution in [0.3, 0.4) is 0 Å². The van der Waals surface area contributed by atoms with E-state index in [1.54, 1.807) is 31.4 Å². The number of hydrogen-bond donors (Lipinski definition) is 1. The lowest BCUT2D eigenvalue weighted by Gasteiger charge is -2.07. The average molecular weight is 260 g/mol. The number of nitrogens with one attached hydrogen (secondary N) is 1. The number of ether oxygens (including phenoxy) is 1. The normalized spacial score (nSPS) is 16.7. The molecule has 1 aromatic carbocycles. The van der Waals surface area contributed by atoms with E-state index in [-0.39, 0.29) is 5.57 Å². The second kappa shape index (κ2) is 4.93. The molecule has 1 heterocycles. The van der Waals surface area contributed by atoms with E-state index in [0.717, 1.165) is 0 Å². The maximum absolute atomic E-state index is 11.8. The lowest BCUT2D eigenvalue weighted by Crippen LogP contribution is -2.39. The highest BCUT2D eigenvalue weighted by Crippen LogP contribution is 2.17. The van der Waals surface area contributed by atoms with Gasteiger partial charge < -0.3 is 4.74 Å². The Morgan fingerprint density at radius 3 is 2.37 bits per heavy atom. The van der Waals surface area contributed by atoms with E-state index in [2.05, 4.69) is 5.43 Å². The molecule has 1 aliphatic heterocycles. The topological polar surface area (TPSA) is 75.7 Å². The Morgan fingerprint density at radius 2 is 1.89 bits per heavy atom. The first-order chi connectivity index (χ1) is 9.02. The van der Waals surface area contributed by atoms with E-state index in [4.69, 9.17) is 4.74 Å². The van der Waals surface area contributed by atoms with Crippen molar-refractivity contribution in [2.75, 3.05) is 7.11 Å². The summed E-state index contributed by atoms with van der Waals surface area (Å²) in [6.07, 6.45) is 1.43. The van der Waals surface area contributed by atoms with Crippen LogP contribution in [0.5, 0.6) is 5.75 Å². The molecule has 0 aromatic heterocycles. The first kappa shape index (κ1) is 12.8. The fraction of sp³-hybridized carbons (Fsp3) is 0.154. The number of benzene rings is 1. The molecule has 0 aliphatic carbocycles. The van der Waals surface area contributed by atoms with Crippen LogP contribution in [-0.4, -0.2) is 29.8 Å². The van der Waals surface area contributed by atoms with Crippen LogP contribution < -0.4 is 10.2 Å². The van der Waals surface area contributed by atoms with Crippen LogP contribution in [0.4, 0.5) is 0 Å². The Labute approximate surface area is 109 Å². The molecule has 0 atom stereocenters. The van der Waals surface area contributed by atoms with Crippen molar-refractivity contribution in [2.24, 2.45) is 0 Å². The summed E-state index contributed by atoms with van der Waals surface area (Å²) in [5.74, 6) is -1.09. The molecule has 0 spiro atoms. The molecule has 0 radical (unpaired) electrons. The zero-order valence-corrected chi connectivity index (χ0v) is 10.5. The average Bonchev–Trinajstić information content (AvgIpc) is 2.68. The van der Waals surface area contributed by atoms with Gasteiger partial charge in [-0.05, 0) is 23.8 Å². The number of hydrazine groups is 1. The van der Waals surface area contributed by atoms with E-state index < -0.39 is 17.7 Å². The molecule has 0 bridgehead atoms. The van der Waals surface area contributed by atoms with Gasteiger partial charge in [0.15, 0.2) is 0 Å². The van der Waals surface area contributed by atoms with Gasteiger partial charge in [0.05, 0.1) is 7.11 Å². The number of amides is 3. The summed E-state index contributed by atoms with van der Waals surface area (Å²) in [7, 11) is 1.55. The van der Waals surface area contributed by atoms with Gasteiger partial charge in [0.25, 0.3) is 11.8 Å². The molecule has 98 valence electrons. The highest BCUT2D eigenvalue weighted by molar-refractivity contribution is 6.28. The SMILES string of the molecule is COc1ccc(C=C2C(=O)NN(C(C)=O)C2=O)cc1. The van der Waals surface area contributed by atoms with Gasteiger partial charge in [-0.15, -0.1) is 0 Å². The number of nitrogens with zero attached hydrogens (tertiary/aromatic N) is 1. The fourth-order valence-electron chi connectivity index (χ4n) is 1.65. The van der Waals surface area contributed by atoms with Crippen molar-refractivity contribution in [2.45, 2.75) is 6.92 Å². The summed E-state index contributed by atoms with van der Waals surface area (Å²) in [5.41, 5.74) is 2.80. The minimum Gasteiger partial charge on any atom is -0.497 e. The summed E-state index contributed by atoms with van der Waals surface area (Å²) in [6, 6.07) is 6.85. The predicted molar refractivity (Wildman–Crippen MR) is 66.6 cm³/mol. The van der Waals surface area contributed by atoms with Gasteiger partial charge in [0, 0.05) is 6.92 Å². The lowest BCUT2D eigenvalue weighted by molar-refractivity contribution is -0.143. The van der Waals surface area contributed by atoms with Crippen molar-refractivity contribution in [3.8, 4) is 5.75 Å². The second-order valence-corrected chi connectivity index (χ2v) is 3.93. The molecule has 3 amide bonds. The quantitative estimate of drug-likeness (QED) is 0.620. The number of carbonyl (C=O) groups is 3. The number of rotatable bonds is 2. The van der Waals surface area contributed by atoms with E-state index >= 15 is 0 Å². The van der Waals surface area contributed by atoms with Crippen LogP contribution in [-0.2, 0) is 14.4 Å². The Balaban J connectivity index is 2.29. The predicted octanol–water partition coefficient (Wildman–Crippen LogP) is 0.498. The van der Waals surface area contributed by atoms with Gasteiger partial charge in [-0.25, -0.2) is 0 Å². The maximum atomic E-state index is 11.8. The van der Waals surface area contributed by atoms with Crippen molar-refractivity contribution in [3.05, 3.63) is 35.4 Å². The number of methoxy groups -OCH3 is 1. The molecule has 1 aromatic rings. The van der Waals surface area contributed by atoms with Gasteiger partial charge in [-0.3, -0.25) is 19.8 Å². The van der Waals surface area contributed by atoms with E-state index in [1.165, 1.54) is 13.0 Å². The Morgan fingerprint density at radius 1 is 1.26 bits per heavy atom. The second-order valence-electron chi connectivity index (χ2n) is 3.93. The number of carbonyl (C=O) groups excluding carboxylic acids is 3. The van der Waals surface area contributed by atoms with Crippen LogP contribution in [0.2, 0.25) is 0 Å². The minimum absolute atomic E-state index is 0.0691. The van der Waals surface area contributed by atoms with E-state index in [1.807, 2.05) is 0 Å². The van der Waals surface area contributed by atoms with Crippen molar-refractivity contribution >= 4 is 23.8 Å².